The van der Waals surface area contributed by atoms with Gasteiger partial charge in [0.1, 0.15) is 0 Å². The Kier molecular flexibility index (Phi) is 3.23. The Hall–Kier alpha value is -0.130. The third-order valence-electron chi connectivity index (χ3n) is 3.56. The van der Waals surface area contributed by atoms with E-state index in [1.165, 1.54) is 6.26 Å². The molecule has 1 saturated carbocycles. The Morgan fingerprint density at radius 1 is 1.57 bits per heavy atom. The van der Waals surface area contributed by atoms with E-state index < -0.39 is 14.6 Å². The molecule has 0 heterocycles. The molecule has 84 valence electrons. The lowest BCUT2D eigenvalue weighted by Crippen LogP contribution is -2.47. The van der Waals surface area contributed by atoms with Crippen LogP contribution in [0.5, 0.6) is 0 Å². The van der Waals surface area contributed by atoms with Crippen molar-refractivity contribution in [3.05, 3.63) is 0 Å². The van der Waals surface area contributed by atoms with Crippen LogP contribution in [-0.2, 0) is 9.84 Å². The van der Waals surface area contributed by atoms with Gasteiger partial charge in [0.15, 0.2) is 9.84 Å². The fraction of sp³-hybridized carbons (Fsp3) is 1.00. The average Bonchev–Trinajstić information content (AvgIpc) is 2.42. The van der Waals surface area contributed by atoms with Crippen molar-refractivity contribution >= 4 is 9.84 Å². The summed E-state index contributed by atoms with van der Waals surface area (Å²) < 4.78 is 22.6. The van der Waals surface area contributed by atoms with Crippen LogP contribution in [-0.4, -0.2) is 37.7 Å². The van der Waals surface area contributed by atoms with Crippen LogP contribution in [0.2, 0.25) is 0 Å². The van der Waals surface area contributed by atoms with E-state index in [-0.39, 0.29) is 25.0 Å². The highest BCUT2D eigenvalue weighted by atomic mass is 32.2. The summed E-state index contributed by atoms with van der Waals surface area (Å²) in [6, 6.07) is 0. The predicted molar refractivity (Wildman–Crippen MR) is 55.6 cm³/mol. The molecule has 5 heteroatoms. The lowest BCUT2D eigenvalue weighted by atomic mass is 9.97. The highest BCUT2D eigenvalue weighted by molar-refractivity contribution is 7.92. The number of rotatable bonds is 3. The number of aliphatic hydroxyl groups excluding tert-OH is 1. The second-order valence-electron chi connectivity index (χ2n) is 4.43. The van der Waals surface area contributed by atoms with Crippen LogP contribution in [0.3, 0.4) is 0 Å². The number of nitrogens with two attached hydrogens (primary N) is 1. The molecule has 1 fully saturated rings. The maximum absolute atomic E-state index is 11.7. The van der Waals surface area contributed by atoms with E-state index in [4.69, 9.17) is 10.8 Å². The average molecular weight is 221 g/mol. The molecule has 3 atom stereocenters. The summed E-state index contributed by atoms with van der Waals surface area (Å²) in [5, 5.41) is 9.04. The SMILES string of the molecule is C[C@@H]1C[C@H](CO)C[C@]1(CN)S(C)(=O)=O. The molecule has 0 saturated heterocycles. The standard InChI is InChI=1S/C9H19NO3S/c1-7-3-8(5-11)4-9(7,6-10)14(2,12)13/h7-8,11H,3-6,10H2,1-2H3/t7-,8+,9-/m1/s1. The van der Waals surface area contributed by atoms with Crippen LogP contribution < -0.4 is 5.73 Å². The van der Waals surface area contributed by atoms with Crippen LogP contribution in [0.4, 0.5) is 0 Å². The Bertz CT molecular complexity index is 301. The number of hydrogen-bond donors (Lipinski definition) is 2. The summed E-state index contributed by atoms with van der Waals surface area (Å²) in [6.45, 7) is 2.12. The fourth-order valence-corrected chi connectivity index (χ4v) is 4.25. The second kappa shape index (κ2) is 3.79. The van der Waals surface area contributed by atoms with Crippen LogP contribution in [0.25, 0.3) is 0 Å². The molecular weight excluding hydrogens is 202 g/mol. The lowest BCUT2D eigenvalue weighted by Gasteiger charge is -2.30. The number of hydrogen-bond acceptors (Lipinski definition) is 4. The molecule has 0 bridgehead atoms. The minimum Gasteiger partial charge on any atom is -0.396 e. The first kappa shape index (κ1) is 11.9. The molecule has 0 aromatic heterocycles. The molecule has 3 N–H and O–H groups in total. The van der Waals surface area contributed by atoms with Crippen molar-refractivity contribution in [2.45, 2.75) is 24.5 Å². The highest BCUT2D eigenvalue weighted by Gasteiger charge is 2.50. The maximum atomic E-state index is 11.7. The second-order valence-corrected chi connectivity index (χ2v) is 6.79. The minimum atomic E-state index is -3.14. The van der Waals surface area contributed by atoms with Gasteiger partial charge in [0.05, 0.1) is 4.75 Å². The molecule has 1 aliphatic carbocycles. The van der Waals surface area contributed by atoms with Gasteiger partial charge in [0.2, 0.25) is 0 Å². The van der Waals surface area contributed by atoms with E-state index in [9.17, 15) is 8.42 Å². The van der Waals surface area contributed by atoms with Gasteiger partial charge in [-0.1, -0.05) is 6.92 Å². The molecule has 0 amide bonds. The Morgan fingerprint density at radius 2 is 2.14 bits per heavy atom. The fourth-order valence-electron chi connectivity index (χ4n) is 2.58. The first-order chi connectivity index (χ1) is 6.37. The molecule has 0 aromatic rings. The van der Waals surface area contributed by atoms with Crippen molar-refractivity contribution in [3.8, 4) is 0 Å². The number of sulfone groups is 1. The van der Waals surface area contributed by atoms with E-state index in [2.05, 4.69) is 0 Å². The van der Waals surface area contributed by atoms with E-state index >= 15 is 0 Å². The summed E-state index contributed by atoms with van der Waals surface area (Å²) in [7, 11) is -3.14. The van der Waals surface area contributed by atoms with E-state index in [0.717, 1.165) is 6.42 Å². The van der Waals surface area contributed by atoms with E-state index in [1.54, 1.807) is 0 Å². The smallest absolute Gasteiger partial charge is 0.154 e. The van der Waals surface area contributed by atoms with E-state index in [0.29, 0.717) is 6.42 Å². The van der Waals surface area contributed by atoms with Crippen LogP contribution in [0, 0.1) is 11.8 Å². The lowest BCUT2D eigenvalue weighted by molar-refractivity contribution is 0.226. The third-order valence-corrected chi connectivity index (χ3v) is 5.77. The molecule has 0 unspecified atom stereocenters. The summed E-state index contributed by atoms with van der Waals surface area (Å²) >= 11 is 0. The molecule has 4 nitrogen and oxygen atoms in total. The molecule has 0 aliphatic heterocycles. The predicted octanol–water partition coefficient (Wildman–Crippen LogP) is -0.233. The van der Waals surface area contributed by atoms with Gasteiger partial charge >= 0.3 is 0 Å². The van der Waals surface area contributed by atoms with Crippen molar-refractivity contribution in [2.24, 2.45) is 17.6 Å². The molecule has 0 radical (unpaired) electrons. The zero-order valence-corrected chi connectivity index (χ0v) is 9.55. The number of aliphatic hydroxyl groups is 1. The summed E-state index contributed by atoms with van der Waals surface area (Å²) in [5.74, 6) is 0.128. The quantitative estimate of drug-likeness (QED) is 0.689. The van der Waals surface area contributed by atoms with Gasteiger partial charge in [-0.15, -0.1) is 0 Å². The maximum Gasteiger partial charge on any atom is 0.154 e. The zero-order chi connectivity index (χ0) is 11.0. The Balaban J connectivity index is 3.03. The van der Waals surface area contributed by atoms with Gasteiger partial charge in [-0.05, 0) is 24.7 Å². The van der Waals surface area contributed by atoms with Crippen molar-refractivity contribution in [1.82, 2.24) is 0 Å². The van der Waals surface area contributed by atoms with E-state index in [1.807, 2.05) is 6.92 Å². The van der Waals surface area contributed by atoms with Crippen molar-refractivity contribution < 1.29 is 13.5 Å². The Labute approximate surface area is 85.4 Å². The van der Waals surface area contributed by atoms with Gasteiger partial charge in [0.25, 0.3) is 0 Å². The molecular formula is C9H19NO3S. The zero-order valence-electron chi connectivity index (χ0n) is 8.73. The molecule has 0 aromatic carbocycles. The summed E-state index contributed by atoms with van der Waals surface area (Å²) in [6.07, 6.45) is 2.50. The molecule has 1 aliphatic rings. The highest BCUT2D eigenvalue weighted by Crippen LogP contribution is 2.43. The summed E-state index contributed by atoms with van der Waals surface area (Å²) in [5.41, 5.74) is 5.60. The van der Waals surface area contributed by atoms with Gasteiger partial charge in [-0.3, -0.25) is 0 Å². The minimum absolute atomic E-state index is 0.0413. The largest absolute Gasteiger partial charge is 0.396 e. The third kappa shape index (κ3) is 1.68. The van der Waals surface area contributed by atoms with Crippen LogP contribution in [0.1, 0.15) is 19.8 Å². The first-order valence-electron chi connectivity index (χ1n) is 4.88. The van der Waals surface area contributed by atoms with Gasteiger partial charge in [-0.2, -0.15) is 0 Å². The topological polar surface area (TPSA) is 80.4 Å². The first-order valence-corrected chi connectivity index (χ1v) is 6.77. The monoisotopic (exact) mass is 221 g/mol. The Morgan fingerprint density at radius 3 is 2.36 bits per heavy atom. The normalized spacial score (nSPS) is 38.9. The van der Waals surface area contributed by atoms with Gasteiger partial charge in [-0.25, -0.2) is 8.42 Å². The van der Waals surface area contributed by atoms with Crippen molar-refractivity contribution in [3.63, 3.8) is 0 Å². The molecule has 1 rings (SSSR count). The van der Waals surface area contributed by atoms with Crippen molar-refractivity contribution in [1.29, 1.82) is 0 Å². The van der Waals surface area contributed by atoms with Crippen LogP contribution >= 0.6 is 0 Å². The van der Waals surface area contributed by atoms with Gasteiger partial charge < -0.3 is 10.8 Å². The molecule has 0 spiro atoms. The molecule has 14 heavy (non-hydrogen) atoms. The van der Waals surface area contributed by atoms with Crippen molar-refractivity contribution in [2.75, 3.05) is 19.4 Å². The van der Waals surface area contributed by atoms with Crippen LogP contribution in [0.15, 0.2) is 0 Å². The van der Waals surface area contributed by atoms with Gasteiger partial charge in [0, 0.05) is 19.4 Å². The summed E-state index contributed by atoms with van der Waals surface area (Å²) in [4.78, 5) is 0.